The Kier molecular flexibility index (Phi) is 5.65. The van der Waals surface area contributed by atoms with Crippen LogP contribution >= 0.6 is 0 Å². The van der Waals surface area contributed by atoms with Gasteiger partial charge in [-0.15, -0.1) is 0 Å². The number of pyridine rings is 1. The summed E-state index contributed by atoms with van der Waals surface area (Å²) in [5.41, 5.74) is 1.92. The van der Waals surface area contributed by atoms with E-state index < -0.39 is 0 Å². The highest BCUT2D eigenvalue weighted by Gasteiger charge is 2.57. The molecule has 4 aliphatic carbocycles. The van der Waals surface area contributed by atoms with Gasteiger partial charge in [0.15, 0.2) is 0 Å². The van der Waals surface area contributed by atoms with Gasteiger partial charge in [-0.05, 0) is 122 Å². The summed E-state index contributed by atoms with van der Waals surface area (Å²) in [7, 11) is 1.74. The van der Waals surface area contributed by atoms with Gasteiger partial charge in [0.05, 0.1) is 13.3 Å². The number of aromatic nitrogens is 1. The third-order valence-electron chi connectivity index (χ3n) is 10.5. The molecule has 4 saturated carbocycles. The van der Waals surface area contributed by atoms with E-state index in [9.17, 15) is 0 Å². The third kappa shape index (κ3) is 3.51. The van der Waals surface area contributed by atoms with Gasteiger partial charge in [0, 0.05) is 6.20 Å². The zero-order valence-corrected chi connectivity index (χ0v) is 19.8. The lowest BCUT2D eigenvalue weighted by molar-refractivity contribution is -0.0728. The molecule has 0 N–H and O–H groups in total. The van der Waals surface area contributed by atoms with Crippen LogP contribution in [0.25, 0.3) is 0 Å². The van der Waals surface area contributed by atoms with Gasteiger partial charge in [-0.3, -0.25) is 4.98 Å². The molecule has 30 heavy (non-hydrogen) atoms. The summed E-state index contributed by atoms with van der Waals surface area (Å²) in [6.45, 7) is 7.71. The van der Waals surface area contributed by atoms with Crippen LogP contribution in [-0.4, -0.2) is 12.1 Å². The van der Waals surface area contributed by atoms with Gasteiger partial charge >= 0.3 is 0 Å². The summed E-state index contributed by atoms with van der Waals surface area (Å²) in [6, 6.07) is 2.19. The van der Waals surface area contributed by atoms with Crippen molar-refractivity contribution in [1.82, 2.24) is 4.98 Å². The molecule has 0 saturated heterocycles. The highest BCUT2D eigenvalue weighted by molar-refractivity contribution is 5.24. The minimum Gasteiger partial charge on any atom is -0.495 e. The predicted molar refractivity (Wildman–Crippen MR) is 123 cm³/mol. The number of ether oxygens (including phenoxy) is 1. The molecule has 166 valence electrons. The summed E-state index contributed by atoms with van der Waals surface area (Å²) >= 11 is 0. The van der Waals surface area contributed by atoms with E-state index >= 15 is 0 Å². The van der Waals surface area contributed by atoms with Crippen LogP contribution in [-0.2, 0) is 6.42 Å². The van der Waals surface area contributed by atoms with Crippen molar-refractivity contribution in [3.63, 3.8) is 0 Å². The maximum Gasteiger partial charge on any atom is 0.137 e. The van der Waals surface area contributed by atoms with Gasteiger partial charge in [0.2, 0.25) is 0 Å². The molecule has 4 fully saturated rings. The van der Waals surface area contributed by atoms with E-state index in [0.29, 0.717) is 5.41 Å². The molecule has 1 aromatic heterocycles. The number of hydrogen-bond donors (Lipinski definition) is 0. The molecule has 1 aromatic rings. The largest absolute Gasteiger partial charge is 0.495 e. The van der Waals surface area contributed by atoms with Crippen LogP contribution in [0.1, 0.15) is 84.1 Å². The molecule has 0 aliphatic heterocycles. The van der Waals surface area contributed by atoms with E-state index in [-0.39, 0.29) is 0 Å². The van der Waals surface area contributed by atoms with E-state index in [1.54, 1.807) is 26.4 Å². The monoisotopic (exact) mass is 409 g/mol. The van der Waals surface area contributed by atoms with Crippen LogP contribution in [0.4, 0.5) is 0 Å². The maximum atomic E-state index is 5.41. The Labute approximate surface area is 184 Å². The number of hydrogen-bond acceptors (Lipinski definition) is 2. The third-order valence-corrected chi connectivity index (χ3v) is 10.5. The molecular formula is C28H43NO. The standard InChI is InChI=1S/C28H43NO/c1-18-5-7-23-21(13-18)6-8-25-24(23)11-12-28(3)26(9-10-27(25)28)19(2)14-20-15-22(30-4)17-29-16-20/h15-19,21,23-27H,5-14H2,1-4H3/t18-,19-,21+,23-,24?,25+,26?,27?,28+/m0/s1. The molecule has 0 bridgehead atoms. The van der Waals surface area contributed by atoms with Gasteiger partial charge in [-0.2, -0.15) is 0 Å². The number of fused-ring (bicyclic) bond motifs is 5. The first kappa shape index (κ1) is 20.8. The van der Waals surface area contributed by atoms with E-state index in [2.05, 4.69) is 38.0 Å². The summed E-state index contributed by atoms with van der Waals surface area (Å²) in [6.07, 6.45) is 18.6. The number of rotatable bonds is 4. The maximum absolute atomic E-state index is 5.41. The lowest BCUT2D eigenvalue weighted by Gasteiger charge is -2.56. The average Bonchev–Trinajstić information content (AvgIpc) is 3.10. The second-order valence-electron chi connectivity index (χ2n) is 12.0. The average molecular weight is 410 g/mol. The zero-order valence-electron chi connectivity index (χ0n) is 19.8. The number of methoxy groups -OCH3 is 1. The Balaban J connectivity index is 1.30. The fourth-order valence-electron chi connectivity index (χ4n) is 9.26. The molecule has 2 heteroatoms. The van der Waals surface area contributed by atoms with E-state index in [1.807, 2.05) is 6.20 Å². The van der Waals surface area contributed by atoms with Crippen LogP contribution in [0.3, 0.4) is 0 Å². The Morgan fingerprint density at radius 3 is 2.70 bits per heavy atom. The van der Waals surface area contributed by atoms with Gasteiger partial charge < -0.3 is 4.74 Å². The first-order valence-electron chi connectivity index (χ1n) is 13.0. The van der Waals surface area contributed by atoms with Crippen molar-refractivity contribution in [3.05, 3.63) is 24.0 Å². The SMILES string of the molecule is COc1cncc(C[C@H](C)C2CCC3[C@@H]4CC[C@@H]5C[C@@H](C)CC[C@@H]5C4CC[C@@]32C)c1. The molecule has 1 heterocycles. The summed E-state index contributed by atoms with van der Waals surface area (Å²) in [4.78, 5) is 4.41. The van der Waals surface area contributed by atoms with Gasteiger partial charge in [-0.1, -0.05) is 27.2 Å². The van der Waals surface area contributed by atoms with Crippen molar-refractivity contribution in [1.29, 1.82) is 0 Å². The van der Waals surface area contributed by atoms with E-state index in [0.717, 1.165) is 59.5 Å². The molecule has 0 aromatic carbocycles. The molecule has 0 amide bonds. The predicted octanol–water partition coefficient (Wildman–Crippen LogP) is 7.17. The van der Waals surface area contributed by atoms with Crippen molar-refractivity contribution in [2.75, 3.05) is 7.11 Å². The Morgan fingerprint density at radius 2 is 1.87 bits per heavy atom. The fraction of sp³-hybridized carbons (Fsp3) is 0.821. The van der Waals surface area contributed by atoms with E-state index in [4.69, 9.17) is 4.74 Å². The summed E-state index contributed by atoms with van der Waals surface area (Å²) < 4.78 is 5.41. The number of nitrogens with zero attached hydrogens (tertiary/aromatic N) is 1. The highest BCUT2D eigenvalue weighted by Crippen LogP contribution is 2.65. The first-order chi connectivity index (χ1) is 14.5. The van der Waals surface area contributed by atoms with Crippen molar-refractivity contribution in [2.45, 2.75) is 85.0 Å². The van der Waals surface area contributed by atoms with Crippen LogP contribution in [0.5, 0.6) is 5.75 Å². The Morgan fingerprint density at radius 1 is 1.03 bits per heavy atom. The highest BCUT2D eigenvalue weighted by atomic mass is 16.5. The molecule has 3 unspecified atom stereocenters. The summed E-state index contributed by atoms with van der Waals surface area (Å²) in [5, 5.41) is 0. The quantitative estimate of drug-likeness (QED) is 0.525. The minimum absolute atomic E-state index is 0.571. The molecule has 0 spiro atoms. The second kappa shape index (κ2) is 8.14. The Hall–Kier alpha value is -1.05. The van der Waals surface area contributed by atoms with Gasteiger partial charge in [0.1, 0.15) is 5.75 Å². The van der Waals surface area contributed by atoms with E-state index in [1.165, 1.54) is 44.1 Å². The van der Waals surface area contributed by atoms with Crippen molar-refractivity contribution in [2.24, 2.45) is 52.8 Å². The lowest BCUT2D eigenvalue weighted by atomic mass is 9.48. The van der Waals surface area contributed by atoms with Crippen LogP contribution < -0.4 is 4.74 Å². The second-order valence-corrected chi connectivity index (χ2v) is 12.0. The molecule has 0 radical (unpaired) electrons. The topological polar surface area (TPSA) is 22.1 Å². The first-order valence-corrected chi connectivity index (χ1v) is 13.0. The van der Waals surface area contributed by atoms with Gasteiger partial charge in [0.25, 0.3) is 0 Å². The van der Waals surface area contributed by atoms with Crippen molar-refractivity contribution in [3.8, 4) is 5.75 Å². The normalized spacial score (nSPS) is 43.9. The molecular weight excluding hydrogens is 366 g/mol. The van der Waals surface area contributed by atoms with Gasteiger partial charge in [-0.25, -0.2) is 0 Å². The molecule has 4 aliphatic rings. The Bertz CT molecular complexity index is 746. The van der Waals surface area contributed by atoms with Crippen molar-refractivity contribution < 1.29 is 4.74 Å². The minimum atomic E-state index is 0.571. The smallest absolute Gasteiger partial charge is 0.137 e. The van der Waals surface area contributed by atoms with Crippen LogP contribution in [0.15, 0.2) is 18.5 Å². The molecule has 9 atom stereocenters. The van der Waals surface area contributed by atoms with Crippen molar-refractivity contribution >= 4 is 0 Å². The lowest BCUT2D eigenvalue weighted by Crippen LogP contribution is -2.49. The van der Waals surface area contributed by atoms with Crippen LogP contribution in [0, 0.1) is 52.8 Å². The zero-order chi connectivity index (χ0) is 20.9. The molecule has 2 nitrogen and oxygen atoms in total. The molecule has 5 rings (SSSR count). The fourth-order valence-corrected chi connectivity index (χ4v) is 9.26. The van der Waals surface area contributed by atoms with Crippen LogP contribution in [0.2, 0.25) is 0 Å². The summed E-state index contributed by atoms with van der Waals surface area (Å²) in [5.74, 6) is 8.72.